The second-order valence-electron chi connectivity index (χ2n) is 4.93. The topological polar surface area (TPSA) is 167 Å². The van der Waals surface area contributed by atoms with Crippen LogP contribution in [-0.4, -0.2) is 25.8 Å². The predicted octanol–water partition coefficient (Wildman–Crippen LogP) is 3.12. The molecule has 11 nitrogen and oxygen atoms in total. The van der Waals surface area contributed by atoms with Crippen molar-refractivity contribution in [2.75, 3.05) is 0 Å². The average molecular weight is 359 g/mol. The van der Waals surface area contributed by atoms with Gasteiger partial charge in [-0.25, -0.2) is 4.79 Å². The lowest BCUT2D eigenvalue weighted by Crippen LogP contribution is -2.02. The molecule has 2 aromatic rings. The number of hydrogen-bond acceptors (Lipinski definition) is 7. The summed E-state index contributed by atoms with van der Waals surface area (Å²) in [7, 11) is 0. The molecule has 0 spiro atoms. The molecule has 0 fully saturated rings. The van der Waals surface area contributed by atoms with Gasteiger partial charge in [-0.1, -0.05) is 6.07 Å². The minimum Gasteiger partial charge on any atom is -0.478 e. The van der Waals surface area contributed by atoms with Crippen molar-refractivity contribution in [2.24, 2.45) is 0 Å². The van der Waals surface area contributed by atoms with Gasteiger partial charge in [0.15, 0.2) is 0 Å². The first-order chi connectivity index (χ1) is 12.2. The molecule has 2 rings (SSSR count). The highest BCUT2D eigenvalue weighted by Gasteiger charge is 2.24. The van der Waals surface area contributed by atoms with E-state index in [9.17, 15) is 40.2 Å². The Morgan fingerprint density at radius 1 is 0.923 bits per heavy atom. The number of aromatic carboxylic acids is 1. The SMILES string of the molecule is O=C(O)c1ccc(C=C[N+](=O)[O-])cc1-c1ccc([N+](=O)[O-])cc1[N+](=O)[O-]. The molecule has 0 unspecified atom stereocenters. The summed E-state index contributed by atoms with van der Waals surface area (Å²) >= 11 is 0. The molecule has 0 heterocycles. The van der Waals surface area contributed by atoms with E-state index in [1.165, 1.54) is 12.1 Å². The van der Waals surface area contributed by atoms with Crippen molar-refractivity contribution in [3.05, 3.63) is 84.1 Å². The van der Waals surface area contributed by atoms with E-state index in [0.29, 0.717) is 6.20 Å². The van der Waals surface area contributed by atoms with Gasteiger partial charge in [0.1, 0.15) is 0 Å². The Kier molecular flexibility index (Phi) is 5.02. The zero-order chi connectivity index (χ0) is 19.4. The van der Waals surface area contributed by atoms with Crippen LogP contribution < -0.4 is 0 Å². The maximum Gasteiger partial charge on any atom is 0.336 e. The molecule has 0 radical (unpaired) electrons. The van der Waals surface area contributed by atoms with E-state index in [0.717, 1.165) is 30.3 Å². The van der Waals surface area contributed by atoms with E-state index in [-0.39, 0.29) is 22.3 Å². The fraction of sp³-hybridized carbons (Fsp3) is 0. The van der Waals surface area contributed by atoms with Crippen molar-refractivity contribution in [3.8, 4) is 11.1 Å². The molecule has 0 saturated carbocycles. The van der Waals surface area contributed by atoms with Gasteiger partial charge < -0.3 is 5.11 Å². The molecule has 0 aromatic heterocycles. The summed E-state index contributed by atoms with van der Waals surface area (Å²) in [5, 5.41) is 41.8. The fourth-order valence-corrected chi connectivity index (χ4v) is 2.23. The van der Waals surface area contributed by atoms with Gasteiger partial charge in [-0.05, 0) is 23.8 Å². The largest absolute Gasteiger partial charge is 0.478 e. The molecule has 0 atom stereocenters. The van der Waals surface area contributed by atoms with E-state index in [4.69, 9.17) is 0 Å². The standard InChI is InChI=1S/C15H9N3O8/c19-15(20)12-3-1-9(5-6-16(21)22)7-13(12)11-4-2-10(17(23)24)8-14(11)18(25)26/h1-8H,(H,19,20). The molecular weight excluding hydrogens is 350 g/mol. The highest BCUT2D eigenvalue weighted by atomic mass is 16.6. The number of carbonyl (C=O) groups is 1. The zero-order valence-electron chi connectivity index (χ0n) is 12.8. The third kappa shape index (κ3) is 3.84. The Labute approximate surface area is 144 Å². The molecule has 26 heavy (non-hydrogen) atoms. The second kappa shape index (κ2) is 7.17. The predicted molar refractivity (Wildman–Crippen MR) is 88.2 cm³/mol. The number of hydrogen-bond donors (Lipinski definition) is 1. The summed E-state index contributed by atoms with van der Waals surface area (Å²) in [6.07, 6.45) is 1.72. The number of non-ortho nitro benzene ring substituents is 1. The van der Waals surface area contributed by atoms with Crippen molar-refractivity contribution in [3.63, 3.8) is 0 Å². The maximum absolute atomic E-state index is 11.4. The molecule has 1 N–H and O–H groups in total. The number of rotatable bonds is 6. The summed E-state index contributed by atoms with van der Waals surface area (Å²) in [5.74, 6) is -1.38. The van der Waals surface area contributed by atoms with Crippen LogP contribution in [0.2, 0.25) is 0 Å². The Bertz CT molecular complexity index is 967. The van der Waals surface area contributed by atoms with Crippen LogP contribution in [0.15, 0.2) is 42.6 Å². The van der Waals surface area contributed by atoms with Crippen molar-refractivity contribution in [1.82, 2.24) is 0 Å². The maximum atomic E-state index is 11.4. The monoisotopic (exact) mass is 359 g/mol. The zero-order valence-corrected chi connectivity index (χ0v) is 12.8. The fourth-order valence-electron chi connectivity index (χ4n) is 2.23. The molecule has 0 bridgehead atoms. The van der Waals surface area contributed by atoms with E-state index in [1.54, 1.807) is 0 Å². The van der Waals surface area contributed by atoms with Gasteiger partial charge in [0.2, 0.25) is 6.20 Å². The Morgan fingerprint density at radius 3 is 2.15 bits per heavy atom. The molecule has 2 aromatic carbocycles. The number of nitrogens with zero attached hydrogens (tertiary/aromatic N) is 3. The Morgan fingerprint density at radius 2 is 1.62 bits per heavy atom. The normalized spacial score (nSPS) is 10.6. The first-order valence-corrected chi connectivity index (χ1v) is 6.83. The molecule has 0 amide bonds. The second-order valence-corrected chi connectivity index (χ2v) is 4.93. The summed E-state index contributed by atoms with van der Waals surface area (Å²) < 4.78 is 0. The third-order valence-corrected chi connectivity index (χ3v) is 3.34. The molecule has 11 heteroatoms. The third-order valence-electron chi connectivity index (χ3n) is 3.34. The van der Waals surface area contributed by atoms with Crippen molar-refractivity contribution < 1.29 is 24.7 Å². The quantitative estimate of drug-likeness (QED) is 0.606. The molecule has 0 aliphatic heterocycles. The number of carboxylic acids is 1. The van der Waals surface area contributed by atoms with Crippen LogP contribution in [0.1, 0.15) is 15.9 Å². The van der Waals surface area contributed by atoms with Gasteiger partial charge in [-0.2, -0.15) is 0 Å². The molecular formula is C15H9N3O8. The summed E-state index contributed by atoms with van der Waals surface area (Å²) in [6.45, 7) is 0. The highest BCUT2D eigenvalue weighted by Crippen LogP contribution is 2.35. The van der Waals surface area contributed by atoms with E-state index < -0.39 is 32.1 Å². The van der Waals surface area contributed by atoms with E-state index in [2.05, 4.69) is 0 Å². The molecule has 132 valence electrons. The number of nitro benzene ring substituents is 2. The molecule has 0 aliphatic rings. The number of carboxylic acid groups (broad SMARTS) is 1. The van der Waals surface area contributed by atoms with E-state index in [1.807, 2.05) is 0 Å². The Balaban J connectivity index is 2.74. The number of nitro groups is 3. The van der Waals surface area contributed by atoms with Crippen LogP contribution in [0.3, 0.4) is 0 Å². The van der Waals surface area contributed by atoms with Crippen LogP contribution in [0.4, 0.5) is 11.4 Å². The van der Waals surface area contributed by atoms with Crippen LogP contribution in [-0.2, 0) is 0 Å². The van der Waals surface area contributed by atoms with Gasteiger partial charge in [-0.15, -0.1) is 0 Å². The lowest BCUT2D eigenvalue weighted by molar-refractivity contribution is -0.400. The van der Waals surface area contributed by atoms with Crippen molar-refractivity contribution in [2.45, 2.75) is 0 Å². The first kappa shape index (κ1) is 18.2. The molecule has 0 aliphatic carbocycles. The summed E-state index contributed by atoms with van der Waals surface area (Å²) in [4.78, 5) is 41.5. The minimum atomic E-state index is -1.38. The minimum absolute atomic E-state index is 0.0930. The lowest BCUT2D eigenvalue weighted by atomic mass is 9.95. The first-order valence-electron chi connectivity index (χ1n) is 6.83. The average Bonchev–Trinajstić information content (AvgIpc) is 2.58. The summed E-state index contributed by atoms with van der Waals surface area (Å²) in [6, 6.07) is 6.46. The van der Waals surface area contributed by atoms with Crippen LogP contribution in [0.25, 0.3) is 17.2 Å². The van der Waals surface area contributed by atoms with Crippen LogP contribution in [0.5, 0.6) is 0 Å². The highest BCUT2D eigenvalue weighted by molar-refractivity contribution is 5.98. The van der Waals surface area contributed by atoms with Gasteiger partial charge in [-0.3, -0.25) is 30.3 Å². The van der Waals surface area contributed by atoms with Crippen molar-refractivity contribution in [1.29, 1.82) is 0 Å². The Hall–Kier alpha value is -4.15. The van der Waals surface area contributed by atoms with Gasteiger partial charge in [0.05, 0.1) is 32.0 Å². The lowest BCUT2D eigenvalue weighted by Gasteiger charge is -2.08. The smallest absolute Gasteiger partial charge is 0.336 e. The summed E-state index contributed by atoms with van der Waals surface area (Å²) in [5.41, 5.74) is -1.49. The van der Waals surface area contributed by atoms with Crippen LogP contribution >= 0.6 is 0 Å². The van der Waals surface area contributed by atoms with Gasteiger partial charge in [0.25, 0.3) is 11.4 Å². The van der Waals surface area contributed by atoms with Gasteiger partial charge in [0, 0.05) is 17.7 Å². The number of benzene rings is 2. The van der Waals surface area contributed by atoms with Crippen molar-refractivity contribution >= 4 is 23.4 Å². The molecule has 0 saturated heterocycles. The van der Waals surface area contributed by atoms with Gasteiger partial charge >= 0.3 is 5.97 Å². The van der Waals surface area contributed by atoms with Crippen LogP contribution in [0, 0.1) is 30.3 Å². The van der Waals surface area contributed by atoms with E-state index >= 15 is 0 Å².